The molecule has 0 aromatic heterocycles. The van der Waals surface area contributed by atoms with E-state index in [-0.39, 0.29) is 40.3 Å². The number of carbonyl (C=O) groups is 3. The van der Waals surface area contributed by atoms with Crippen LogP contribution < -0.4 is 0 Å². The van der Waals surface area contributed by atoms with Gasteiger partial charge in [0.15, 0.2) is 5.78 Å². The van der Waals surface area contributed by atoms with Crippen molar-refractivity contribution in [2.75, 3.05) is 0 Å². The van der Waals surface area contributed by atoms with Crippen LogP contribution in [0.5, 0.6) is 0 Å². The van der Waals surface area contributed by atoms with E-state index in [9.17, 15) is 23.9 Å². The molecule has 4 aliphatic carbocycles. The molecule has 0 heterocycles. The lowest BCUT2D eigenvalue weighted by Gasteiger charge is -2.64. The molecule has 0 radical (unpaired) electrons. The molecule has 5 nitrogen and oxygen atoms in total. The van der Waals surface area contributed by atoms with Gasteiger partial charge in [-0.05, 0) is 72.8 Å². The van der Waals surface area contributed by atoms with Gasteiger partial charge in [0.25, 0.3) is 0 Å². The van der Waals surface area contributed by atoms with E-state index < -0.39 is 34.8 Å². The second-order valence-electron chi connectivity index (χ2n) is 11.3. The van der Waals surface area contributed by atoms with Crippen LogP contribution in [0.25, 0.3) is 0 Å². The molecule has 0 aliphatic heterocycles. The number of Topliss-reactive ketones (excluding diaryl/α,β-unsaturated/α-hetero) is 2. The van der Waals surface area contributed by atoms with Crippen molar-refractivity contribution >= 4 is 17.5 Å². The Morgan fingerprint density at radius 2 is 1.79 bits per heavy atom. The average Bonchev–Trinajstić information content (AvgIpc) is 2.88. The number of halogens is 1. The molecular formula is C27H31FO5. The minimum Gasteiger partial charge on any atom is -0.457 e. The van der Waals surface area contributed by atoms with Crippen LogP contribution in [0.2, 0.25) is 0 Å². The van der Waals surface area contributed by atoms with Gasteiger partial charge in [-0.15, -0.1) is 0 Å². The van der Waals surface area contributed by atoms with Crippen molar-refractivity contribution in [1.82, 2.24) is 0 Å². The number of carbonyl (C=O) groups excluding carboxylic acids is 3. The summed E-state index contributed by atoms with van der Waals surface area (Å²) < 4.78 is 19.3. The second-order valence-corrected chi connectivity index (χ2v) is 11.3. The highest BCUT2D eigenvalue weighted by atomic mass is 19.1. The first kappa shape index (κ1) is 22.5. The van der Waals surface area contributed by atoms with Gasteiger partial charge < -0.3 is 9.84 Å². The predicted molar refractivity (Wildman–Crippen MR) is 119 cm³/mol. The minimum absolute atomic E-state index is 0.0662. The maximum Gasteiger partial charge on any atom is 0.338 e. The molecule has 1 spiro atoms. The fraction of sp³-hybridized carbons (Fsp3) is 0.593. The van der Waals surface area contributed by atoms with Crippen molar-refractivity contribution in [3.8, 4) is 0 Å². The molecule has 1 N–H and O–H groups in total. The van der Waals surface area contributed by atoms with Gasteiger partial charge in [-0.3, -0.25) is 9.59 Å². The Labute approximate surface area is 193 Å². The number of ether oxygens (including phenoxy) is 1. The summed E-state index contributed by atoms with van der Waals surface area (Å²) in [7, 11) is 0. The summed E-state index contributed by atoms with van der Waals surface area (Å²) in [5.41, 5.74) is -1.57. The number of aliphatic hydroxyl groups excluding tert-OH is 1. The van der Waals surface area contributed by atoms with E-state index in [4.69, 9.17) is 4.74 Å². The standard InChI is InChI=1S/C27H31FO5/c1-14-17-9-10-18-26(4)12-11-20(29)25(2,3)19(26)13-21(30)27(18,22(14)31)23(17)33-24(32)15-5-7-16(28)8-6-15/h5-8,17-19,21,23,30H,1,9-13H2,2-4H3/t17-,18-,19+,21+,23+,26-,27-/m0/s1. The third kappa shape index (κ3) is 2.76. The molecule has 7 atom stereocenters. The maximum absolute atomic E-state index is 13.8. The zero-order valence-corrected chi connectivity index (χ0v) is 19.4. The predicted octanol–water partition coefficient (Wildman–Crippen LogP) is 4.28. The Balaban J connectivity index is 1.58. The molecule has 0 unspecified atom stereocenters. The van der Waals surface area contributed by atoms with Crippen molar-refractivity contribution in [2.24, 2.45) is 34.0 Å². The van der Waals surface area contributed by atoms with E-state index in [0.29, 0.717) is 37.7 Å². The lowest BCUT2D eigenvalue weighted by molar-refractivity contribution is -0.222. The molecule has 4 fully saturated rings. The highest BCUT2D eigenvalue weighted by Gasteiger charge is 2.75. The van der Waals surface area contributed by atoms with Crippen LogP contribution in [-0.4, -0.2) is 34.9 Å². The van der Waals surface area contributed by atoms with Crippen molar-refractivity contribution in [3.05, 3.63) is 47.8 Å². The van der Waals surface area contributed by atoms with Gasteiger partial charge in [0.2, 0.25) is 0 Å². The van der Waals surface area contributed by atoms with Crippen LogP contribution in [0.15, 0.2) is 36.4 Å². The van der Waals surface area contributed by atoms with Crippen LogP contribution in [0.1, 0.15) is 63.2 Å². The summed E-state index contributed by atoms with van der Waals surface area (Å²) in [6.45, 7) is 10.1. The smallest absolute Gasteiger partial charge is 0.338 e. The summed E-state index contributed by atoms with van der Waals surface area (Å²) >= 11 is 0. The molecule has 2 bridgehead atoms. The first-order chi connectivity index (χ1) is 15.5. The van der Waals surface area contributed by atoms with Gasteiger partial charge in [0.05, 0.1) is 17.1 Å². The Morgan fingerprint density at radius 1 is 1.12 bits per heavy atom. The van der Waals surface area contributed by atoms with Crippen LogP contribution in [0.3, 0.4) is 0 Å². The van der Waals surface area contributed by atoms with Crippen molar-refractivity contribution in [2.45, 2.75) is 65.1 Å². The molecule has 5 rings (SSSR count). The number of aliphatic hydroxyl groups is 1. The lowest BCUT2D eigenvalue weighted by Crippen LogP contribution is -2.68. The summed E-state index contributed by atoms with van der Waals surface area (Å²) in [6.07, 6.45) is 0.912. The van der Waals surface area contributed by atoms with Crippen LogP contribution >= 0.6 is 0 Å². The molecule has 4 aliphatic rings. The zero-order valence-electron chi connectivity index (χ0n) is 19.4. The van der Waals surface area contributed by atoms with E-state index >= 15 is 0 Å². The maximum atomic E-state index is 13.8. The monoisotopic (exact) mass is 454 g/mol. The SMILES string of the molecule is C=C1C(=O)[C@@]23[C@H](O)C[C@@H]4C(C)(C)C(=O)CC[C@@]4(C)[C@@H]2CC[C@@H]1[C@H]3OC(=O)c1ccc(F)cc1. The number of esters is 1. The molecule has 0 saturated heterocycles. The van der Waals surface area contributed by atoms with Crippen molar-refractivity contribution < 1.29 is 28.6 Å². The van der Waals surface area contributed by atoms with E-state index in [1.807, 2.05) is 13.8 Å². The molecule has 0 amide bonds. The molecule has 4 saturated carbocycles. The molecule has 33 heavy (non-hydrogen) atoms. The van der Waals surface area contributed by atoms with Crippen LogP contribution in [0, 0.1) is 39.8 Å². The van der Waals surface area contributed by atoms with E-state index in [0.717, 1.165) is 0 Å². The summed E-state index contributed by atoms with van der Waals surface area (Å²) in [6, 6.07) is 5.11. The quantitative estimate of drug-likeness (QED) is 0.533. The highest BCUT2D eigenvalue weighted by Crippen LogP contribution is 2.71. The molecule has 1 aromatic carbocycles. The number of hydrogen-bond acceptors (Lipinski definition) is 5. The van der Waals surface area contributed by atoms with E-state index in [1.54, 1.807) is 0 Å². The average molecular weight is 455 g/mol. The largest absolute Gasteiger partial charge is 0.457 e. The fourth-order valence-corrected chi connectivity index (χ4v) is 8.05. The topological polar surface area (TPSA) is 80.7 Å². The van der Waals surface area contributed by atoms with Gasteiger partial charge in [0.1, 0.15) is 17.7 Å². The van der Waals surface area contributed by atoms with E-state index in [1.165, 1.54) is 24.3 Å². The Kier molecular flexibility index (Phi) is 4.82. The Bertz CT molecular complexity index is 1060. The van der Waals surface area contributed by atoms with Gasteiger partial charge in [0, 0.05) is 17.8 Å². The Hall–Kier alpha value is -2.34. The molecular weight excluding hydrogens is 423 g/mol. The summed E-state index contributed by atoms with van der Waals surface area (Å²) in [5, 5.41) is 11.6. The van der Waals surface area contributed by atoms with Crippen LogP contribution in [-0.2, 0) is 14.3 Å². The van der Waals surface area contributed by atoms with Gasteiger partial charge in [-0.1, -0.05) is 27.4 Å². The minimum atomic E-state index is -1.25. The van der Waals surface area contributed by atoms with Crippen molar-refractivity contribution in [1.29, 1.82) is 0 Å². The fourth-order valence-electron chi connectivity index (χ4n) is 8.05. The first-order valence-electron chi connectivity index (χ1n) is 11.9. The normalized spacial score (nSPS) is 41.4. The number of rotatable bonds is 2. The summed E-state index contributed by atoms with van der Waals surface area (Å²) in [5.74, 6) is -1.72. The van der Waals surface area contributed by atoms with Crippen molar-refractivity contribution in [3.63, 3.8) is 0 Å². The van der Waals surface area contributed by atoms with E-state index in [2.05, 4.69) is 13.5 Å². The van der Waals surface area contributed by atoms with Gasteiger partial charge in [-0.2, -0.15) is 0 Å². The number of hydrogen-bond donors (Lipinski definition) is 1. The Morgan fingerprint density at radius 3 is 2.45 bits per heavy atom. The second kappa shape index (κ2) is 7.08. The number of benzene rings is 1. The molecule has 6 heteroatoms. The first-order valence-corrected chi connectivity index (χ1v) is 11.9. The van der Waals surface area contributed by atoms with Crippen LogP contribution in [0.4, 0.5) is 4.39 Å². The zero-order chi connectivity index (χ0) is 23.9. The summed E-state index contributed by atoms with van der Waals surface area (Å²) in [4.78, 5) is 39.6. The highest BCUT2D eigenvalue weighted by molar-refractivity contribution is 6.05. The third-order valence-electron chi connectivity index (χ3n) is 9.71. The lowest BCUT2D eigenvalue weighted by atomic mass is 9.39. The van der Waals surface area contributed by atoms with Gasteiger partial charge >= 0.3 is 5.97 Å². The third-order valence-corrected chi connectivity index (χ3v) is 9.71. The molecule has 176 valence electrons. The molecule has 1 aromatic rings. The number of ketones is 2. The number of fused-ring (bicyclic) bond motifs is 3. The van der Waals surface area contributed by atoms with Gasteiger partial charge in [-0.25, -0.2) is 9.18 Å².